The molecule has 0 bridgehead atoms. The zero-order chi connectivity index (χ0) is 96.0. The summed E-state index contributed by atoms with van der Waals surface area (Å²) in [6.07, 6.45) is 10.6. The Morgan fingerprint density at radius 1 is 0.401 bits per heavy atom. The third kappa shape index (κ3) is 25.7. The number of ether oxygens (including phenoxy) is 3. The number of aromatic nitrogens is 10. The van der Waals surface area contributed by atoms with E-state index < -0.39 is 23.3 Å². The molecular formula is C97H83Cl4F4N25O3S4. The van der Waals surface area contributed by atoms with Crippen molar-refractivity contribution in [2.45, 2.75) is 39.5 Å². The van der Waals surface area contributed by atoms with Gasteiger partial charge in [-0.3, -0.25) is 9.80 Å². The number of halogens is 8. The van der Waals surface area contributed by atoms with E-state index in [1.54, 1.807) is 38.5 Å². The van der Waals surface area contributed by atoms with Crippen molar-refractivity contribution in [3.05, 3.63) is 301 Å². The number of nitriles is 4. The Labute approximate surface area is 820 Å². The van der Waals surface area contributed by atoms with Gasteiger partial charge >= 0.3 is 0 Å². The highest BCUT2D eigenvalue weighted by atomic mass is 35.5. The molecule has 17 aromatic rings. The molecule has 10 heterocycles. The molecule has 1 aliphatic heterocycles. The van der Waals surface area contributed by atoms with Crippen LogP contribution >= 0.6 is 91.8 Å². The quantitative estimate of drug-likeness (QED) is 0.0187. The molecule has 8 aromatic carbocycles. The van der Waals surface area contributed by atoms with Gasteiger partial charge in [-0.2, -0.15) is 41.0 Å². The molecule has 40 heteroatoms. The number of fused-ring (bicyclic) bond motifs is 4. The van der Waals surface area contributed by atoms with E-state index in [9.17, 15) is 38.6 Å². The van der Waals surface area contributed by atoms with E-state index >= 15 is 0 Å². The van der Waals surface area contributed by atoms with E-state index in [1.807, 2.05) is 75.0 Å². The molecular weight excluding hydrogens is 1910 g/mol. The molecule has 0 atom stereocenters. The minimum absolute atomic E-state index is 0.00168. The Bertz CT molecular complexity index is 7300. The summed E-state index contributed by atoms with van der Waals surface area (Å²) in [4.78, 5) is 46.7. The summed E-state index contributed by atoms with van der Waals surface area (Å²) < 4.78 is 75.0. The van der Waals surface area contributed by atoms with Gasteiger partial charge < -0.3 is 66.2 Å². The smallest absolute Gasteiger partial charge is 0.189 e. The maximum absolute atomic E-state index is 13.6. The van der Waals surface area contributed by atoms with Crippen LogP contribution in [0.3, 0.4) is 0 Å². The Balaban J connectivity index is 0.000000139. The number of anilines is 16. The Kier molecular flexibility index (Phi) is 33.2. The summed E-state index contributed by atoms with van der Waals surface area (Å²) >= 11 is 29.1. The molecule has 0 unspecified atom stereocenters. The van der Waals surface area contributed by atoms with Gasteiger partial charge in [0.1, 0.15) is 72.2 Å². The molecule has 137 heavy (non-hydrogen) atoms. The Morgan fingerprint density at radius 3 is 0.993 bits per heavy atom. The van der Waals surface area contributed by atoms with Gasteiger partial charge in [0.25, 0.3) is 0 Å². The number of rotatable bonds is 31. The number of methoxy groups -OCH3 is 2. The van der Waals surface area contributed by atoms with Gasteiger partial charge in [-0.1, -0.05) is 147 Å². The summed E-state index contributed by atoms with van der Waals surface area (Å²) in [6.45, 7) is 11.8. The first-order valence-corrected chi connectivity index (χ1v) is 47.1. The lowest BCUT2D eigenvalue weighted by atomic mass is 10.2. The number of pyridine rings is 4. The van der Waals surface area contributed by atoms with Crippen molar-refractivity contribution in [1.29, 1.82) is 21.0 Å². The van der Waals surface area contributed by atoms with Gasteiger partial charge in [-0.25, -0.2) is 42.5 Å². The average Bonchev–Trinajstić information content (AvgIpc) is 1.65. The number of imidazole rings is 1. The number of nitrogens with zero attached hydrogens (tertiary/aromatic N) is 17. The van der Waals surface area contributed by atoms with Crippen LogP contribution < -0.4 is 42.5 Å². The van der Waals surface area contributed by atoms with Gasteiger partial charge in [0.2, 0.25) is 0 Å². The molecule has 18 rings (SSSR count). The molecule has 0 radical (unpaired) electrons. The first-order valence-electron chi connectivity index (χ1n) is 42.3. The molecule has 0 amide bonds. The molecule has 0 aliphatic carbocycles. The number of benzene rings is 8. The van der Waals surface area contributed by atoms with Crippen LogP contribution in [0.4, 0.5) is 106 Å². The maximum Gasteiger partial charge on any atom is 0.189 e. The van der Waals surface area contributed by atoms with Crippen molar-refractivity contribution < 1.29 is 31.8 Å². The Hall–Kier alpha value is -13.9. The molecule has 0 saturated carbocycles. The maximum atomic E-state index is 13.6. The van der Waals surface area contributed by atoms with E-state index in [0.29, 0.717) is 143 Å². The second kappa shape index (κ2) is 46.6. The van der Waals surface area contributed by atoms with Crippen LogP contribution in [0.5, 0.6) is 0 Å². The molecule has 0 spiro atoms. The van der Waals surface area contributed by atoms with Gasteiger partial charge in [0, 0.05) is 156 Å². The van der Waals surface area contributed by atoms with Crippen LogP contribution in [0.2, 0.25) is 20.1 Å². The van der Waals surface area contributed by atoms with Crippen LogP contribution in [0.25, 0.3) is 41.4 Å². The third-order valence-electron chi connectivity index (χ3n) is 20.9. The lowest BCUT2D eigenvalue weighted by Crippen LogP contribution is -2.35. The highest BCUT2D eigenvalue weighted by Crippen LogP contribution is 2.43. The van der Waals surface area contributed by atoms with Gasteiger partial charge in [-0.15, -0.1) is 0 Å². The highest BCUT2D eigenvalue weighted by Gasteiger charge is 2.23. The second-order valence-corrected chi connectivity index (χ2v) is 36.5. The van der Waals surface area contributed by atoms with E-state index in [0.717, 1.165) is 106 Å². The first kappa shape index (κ1) is 97.7. The van der Waals surface area contributed by atoms with Crippen LogP contribution in [0, 0.1) is 68.6 Å². The molecule has 694 valence electrons. The zero-order valence-electron chi connectivity index (χ0n) is 73.8. The fourth-order valence-electron chi connectivity index (χ4n) is 14.0. The fraction of sp³-hybridized carbons (Fsp3) is 0.186. The van der Waals surface area contributed by atoms with Gasteiger partial charge in [-0.05, 0) is 158 Å². The van der Waals surface area contributed by atoms with Crippen LogP contribution in [0.15, 0.2) is 207 Å². The third-order valence-corrected chi connectivity index (χ3v) is 25.9. The molecule has 28 nitrogen and oxygen atoms in total. The minimum atomic E-state index is -0.513. The van der Waals surface area contributed by atoms with E-state index in [4.69, 9.17) is 60.6 Å². The molecule has 9 aromatic heterocycles. The van der Waals surface area contributed by atoms with Crippen LogP contribution in [-0.2, 0) is 46.8 Å². The van der Waals surface area contributed by atoms with Crippen LogP contribution in [-0.4, -0.2) is 145 Å². The highest BCUT2D eigenvalue weighted by molar-refractivity contribution is 7.24. The SMILES string of the molecule is CCc1nccn1Cc1ccc(Nc2nc3ncc(C#N)c(Nc4ccc(F)c(Cl)c4)c3s2)cc1.CN(C)Cc1ccc(Nc2nc3ncc(C#N)c(Nc4ccc(F)c(Cl)c4)c3s2)cc1.COCCN(CCOC)Cc1ccc(Nc2nc3ncc(C#N)c(Nc4ccc(F)c(Cl)c4)c3s2)cc1.N#Cc1cnc2nc(Nc3ccc(CN4CCOCC4)cc3)sc2c1Nc1ccc(F)c(Cl)c1. The Morgan fingerprint density at radius 2 is 0.701 bits per heavy atom. The number of hydrogen-bond acceptors (Lipinski definition) is 31. The average molecular weight is 1990 g/mol. The number of morpholine rings is 1. The van der Waals surface area contributed by atoms with Crippen molar-refractivity contribution >= 4 is 222 Å². The summed E-state index contributed by atoms with van der Waals surface area (Å²) in [7, 11) is 7.46. The monoisotopic (exact) mass is 1990 g/mol. The van der Waals surface area contributed by atoms with Crippen molar-refractivity contribution in [1.82, 2.24) is 64.1 Å². The molecule has 8 N–H and O–H groups in total. The van der Waals surface area contributed by atoms with Crippen LogP contribution in [0.1, 0.15) is 57.3 Å². The van der Waals surface area contributed by atoms with Crippen molar-refractivity contribution in [2.24, 2.45) is 0 Å². The van der Waals surface area contributed by atoms with Crippen molar-refractivity contribution in [3.8, 4) is 24.3 Å². The zero-order valence-corrected chi connectivity index (χ0v) is 80.1. The topological polar surface area (TPSA) is 350 Å². The summed E-state index contributed by atoms with van der Waals surface area (Å²) in [5.41, 5.74) is 16.2. The normalized spacial score (nSPS) is 11.8. The van der Waals surface area contributed by atoms with E-state index in [-0.39, 0.29) is 20.1 Å². The number of thiazole rings is 4. The lowest BCUT2D eigenvalue weighted by molar-refractivity contribution is 0.0342. The second-order valence-electron chi connectivity index (χ2n) is 30.8. The predicted octanol–water partition coefficient (Wildman–Crippen LogP) is 24.2. The number of hydrogen-bond donors (Lipinski definition) is 8. The number of aryl methyl sites for hydroxylation is 1. The van der Waals surface area contributed by atoms with Crippen molar-refractivity contribution in [3.63, 3.8) is 0 Å². The van der Waals surface area contributed by atoms with E-state index in [1.165, 1.54) is 135 Å². The lowest BCUT2D eigenvalue weighted by Gasteiger charge is -2.26. The van der Waals surface area contributed by atoms with E-state index in [2.05, 4.69) is 186 Å². The summed E-state index contributed by atoms with van der Waals surface area (Å²) in [6, 6.07) is 58.4. The molecule has 1 fully saturated rings. The van der Waals surface area contributed by atoms with Crippen molar-refractivity contribution in [2.75, 3.05) is 123 Å². The standard InChI is InChI=1S/C26H26ClFN6O2S.C25H19ClFN7S.C24H20ClFN6OS.C22H18ClFN6S/c1-35-11-9-34(10-12-36-2)16-17-3-5-19(6-4-17)32-26-33-25-24(37-26)23(18(14-29)15-30-25)31-20-7-8-22(28)21(27)13-20;1-2-21-29-9-10-34(21)14-15-3-5-17(6-4-15)32-25-33-24-23(35-25)22(16(12-28)13-30-24)31-18-7-8-20(27)19(26)11-18;25-19-11-18(5-6-20(19)26)29-21-16(12-27)13-28-23-22(21)34-24(31-23)30-17-3-1-15(2-4-17)14-32-7-9-33-10-8-32;1-30(2)12-13-3-5-15(6-4-13)28-22-29-21-20(31-22)19(14(10-25)11-26-21)27-16-7-8-18(24)17(23)9-16/h3-8,13,15H,9-12,16H2,1-2H3,(H2,30,31,32,33);3-11,13H,2,14H2,1H3,(H2,30,31,32,33);1-6,11,13H,7-10,14H2,(H2,28,29,30,31);3-9,11H,12H2,1-2H3,(H2,26,27,28,29). The predicted molar refractivity (Wildman–Crippen MR) is 539 cm³/mol. The molecule has 1 saturated heterocycles. The largest absolute Gasteiger partial charge is 0.383 e. The van der Waals surface area contributed by atoms with Gasteiger partial charge in [0.15, 0.2) is 43.1 Å². The fourth-order valence-corrected chi connectivity index (χ4v) is 18.5. The number of nitrogens with one attached hydrogen (secondary N) is 8. The first-order chi connectivity index (χ1) is 66.5. The molecule has 1 aliphatic rings. The van der Waals surface area contributed by atoms with Gasteiger partial charge in [0.05, 0.1) is 91.5 Å². The minimum Gasteiger partial charge on any atom is -0.383 e. The summed E-state index contributed by atoms with van der Waals surface area (Å²) in [5, 5.41) is 66.8. The summed E-state index contributed by atoms with van der Waals surface area (Å²) in [5.74, 6) is -0.983.